The second kappa shape index (κ2) is 8.98. The first-order valence-electron chi connectivity index (χ1n) is 10.7. The van der Waals surface area contributed by atoms with E-state index in [0.29, 0.717) is 31.9 Å². The van der Waals surface area contributed by atoms with E-state index in [4.69, 9.17) is 9.47 Å². The van der Waals surface area contributed by atoms with Gasteiger partial charge in [-0.3, -0.25) is 9.69 Å². The Kier molecular flexibility index (Phi) is 6.37. The summed E-state index contributed by atoms with van der Waals surface area (Å²) in [6.07, 6.45) is 2.92. The van der Waals surface area contributed by atoms with Crippen LogP contribution in [0.2, 0.25) is 0 Å². The molecule has 3 fully saturated rings. The lowest BCUT2D eigenvalue weighted by atomic mass is 9.96. The van der Waals surface area contributed by atoms with Crippen molar-refractivity contribution >= 4 is 5.91 Å². The average Bonchev–Trinajstić information content (AvgIpc) is 3.52. The van der Waals surface area contributed by atoms with E-state index in [-0.39, 0.29) is 11.7 Å². The van der Waals surface area contributed by atoms with Crippen LogP contribution in [0.15, 0.2) is 24.3 Å². The van der Waals surface area contributed by atoms with Crippen molar-refractivity contribution in [2.24, 2.45) is 5.92 Å². The summed E-state index contributed by atoms with van der Waals surface area (Å²) in [4.78, 5) is 19.7. The van der Waals surface area contributed by atoms with Crippen LogP contribution >= 0.6 is 0 Å². The molecule has 0 aromatic heterocycles. The highest BCUT2D eigenvalue weighted by Gasteiger charge is 2.42. The maximum Gasteiger partial charge on any atom is 0.225 e. The average molecular weight is 406 g/mol. The molecule has 6 nitrogen and oxygen atoms in total. The molecule has 0 unspecified atom stereocenters. The Hall–Kier alpha value is -1.70. The zero-order valence-corrected chi connectivity index (χ0v) is 17.3. The Morgan fingerprint density at radius 1 is 1.17 bits per heavy atom. The van der Waals surface area contributed by atoms with Crippen molar-refractivity contribution in [1.82, 2.24) is 14.7 Å². The quantitative estimate of drug-likeness (QED) is 0.693. The Morgan fingerprint density at radius 2 is 1.90 bits per heavy atom. The summed E-state index contributed by atoms with van der Waals surface area (Å²) in [6, 6.07) is 6.02. The zero-order valence-electron chi connectivity index (χ0n) is 17.3. The van der Waals surface area contributed by atoms with Gasteiger partial charge in [-0.25, -0.2) is 4.39 Å². The number of nitrogens with zero attached hydrogens (tertiary/aromatic N) is 3. The molecule has 1 aliphatic carbocycles. The van der Waals surface area contributed by atoms with Crippen molar-refractivity contribution in [1.29, 1.82) is 0 Å². The minimum absolute atomic E-state index is 0.133. The standard InChI is InChI=1S/C22H32FN3O3/c1-24-8-10-26(11-9-24)21(27)14-22(17-28-20-6-4-19(23)5-7-20)16-25(12-13-29-22)15-18-2-3-18/h4-7,18H,2-3,8-17H2,1H3/t22-/m0/s1. The van der Waals surface area contributed by atoms with E-state index in [9.17, 15) is 9.18 Å². The van der Waals surface area contributed by atoms with E-state index < -0.39 is 5.60 Å². The topological polar surface area (TPSA) is 45.2 Å². The molecule has 7 heteroatoms. The van der Waals surface area contributed by atoms with Crippen LogP contribution < -0.4 is 4.74 Å². The number of hydrogen-bond donors (Lipinski definition) is 0. The van der Waals surface area contributed by atoms with Crippen molar-refractivity contribution < 1.29 is 18.7 Å². The largest absolute Gasteiger partial charge is 0.491 e. The highest BCUT2D eigenvalue weighted by molar-refractivity contribution is 5.77. The number of benzene rings is 1. The lowest BCUT2D eigenvalue weighted by Crippen LogP contribution is -2.58. The van der Waals surface area contributed by atoms with E-state index in [1.54, 1.807) is 12.1 Å². The maximum absolute atomic E-state index is 13.2. The number of rotatable bonds is 7. The summed E-state index contributed by atoms with van der Waals surface area (Å²) < 4.78 is 25.4. The number of hydrogen-bond acceptors (Lipinski definition) is 5. The molecule has 0 bridgehead atoms. The van der Waals surface area contributed by atoms with Crippen LogP contribution in [0.1, 0.15) is 19.3 Å². The number of carbonyl (C=O) groups excluding carboxylic acids is 1. The molecular formula is C22H32FN3O3. The number of carbonyl (C=O) groups is 1. The van der Waals surface area contributed by atoms with Crippen LogP contribution in [0.25, 0.3) is 0 Å². The predicted molar refractivity (Wildman–Crippen MR) is 108 cm³/mol. The maximum atomic E-state index is 13.2. The van der Waals surface area contributed by atoms with Crippen molar-refractivity contribution in [3.05, 3.63) is 30.1 Å². The summed E-state index contributed by atoms with van der Waals surface area (Å²) in [7, 11) is 2.08. The summed E-state index contributed by atoms with van der Waals surface area (Å²) in [5.74, 6) is 1.23. The molecule has 3 aliphatic rings. The SMILES string of the molecule is CN1CCN(C(=O)C[C@@]2(COc3ccc(F)cc3)CN(CC3CC3)CCO2)CC1. The fraction of sp³-hybridized carbons (Fsp3) is 0.682. The summed E-state index contributed by atoms with van der Waals surface area (Å²) >= 11 is 0. The Balaban J connectivity index is 1.43. The fourth-order valence-corrected chi connectivity index (χ4v) is 4.18. The molecular weight excluding hydrogens is 373 g/mol. The first kappa shape index (κ1) is 20.6. The third-order valence-corrected chi connectivity index (χ3v) is 6.19. The molecule has 0 radical (unpaired) electrons. The van der Waals surface area contributed by atoms with E-state index in [0.717, 1.165) is 45.2 Å². The molecule has 2 saturated heterocycles. The van der Waals surface area contributed by atoms with Gasteiger partial charge in [0.2, 0.25) is 5.91 Å². The van der Waals surface area contributed by atoms with Crippen molar-refractivity contribution in [2.45, 2.75) is 24.9 Å². The van der Waals surface area contributed by atoms with Gasteiger partial charge in [-0.15, -0.1) is 0 Å². The van der Waals surface area contributed by atoms with Gasteiger partial charge >= 0.3 is 0 Å². The fourth-order valence-electron chi connectivity index (χ4n) is 4.18. The van der Waals surface area contributed by atoms with Crippen molar-refractivity contribution in [3.8, 4) is 5.75 Å². The molecule has 29 heavy (non-hydrogen) atoms. The Bertz CT molecular complexity index is 689. The van der Waals surface area contributed by atoms with Gasteiger partial charge in [0.05, 0.1) is 13.0 Å². The molecule has 1 atom stereocenters. The number of morpholine rings is 1. The first-order chi connectivity index (χ1) is 14.0. The van der Waals surface area contributed by atoms with Gasteiger partial charge in [-0.05, 0) is 50.1 Å². The number of likely N-dealkylation sites (N-methyl/N-ethyl adjacent to an activating group) is 1. The van der Waals surface area contributed by atoms with Crippen molar-refractivity contribution in [2.75, 3.05) is 66.1 Å². The second-order valence-electron chi connectivity index (χ2n) is 8.81. The van der Waals surface area contributed by atoms with Crippen LogP contribution in [-0.2, 0) is 9.53 Å². The van der Waals surface area contributed by atoms with Crippen LogP contribution in [0.3, 0.4) is 0 Å². The lowest BCUT2D eigenvalue weighted by molar-refractivity contribution is -0.157. The van der Waals surface area contributed by atoms with Gasteiger partial charge in [-0.2, -0.15) is 0 Å². The monoisotopic (exact) mass is 405 g/mol. The van der Waals surface area contributed by atoms with Crippen LogP contribution in [-0.4, -0.2) is 92.3 Å². The first-order valence-corrected chi connectivity index (χ1v) is 10.7. The molecule has 0 N–H and O–H groups in total. The highest BCUT2D eigenvalue weighted by Crippen LogP contribution is 2.32. The number of amides is 1. The normalized spacial score (nSPS) is 26.5. The lowest BCUT2D eigenvalue weighted by Gasteiger charge is -2.43. The van der Waals surface area contributed by atoms with E-state index in [1.807, 2.05) is 4.90 Å². The smallest absolute Gasteiger partial charge is 0.225 e. The summed E-state index contributed by atoms with van der Waals surface area (Å²) in [5.41, 5.74) is -0.665. The van der Waals surface area contributed by atoms with Gasteiger partial charge in [0.1, 0.15) is 23.8 Å². The molecule has 1 aromatic rings. The molecule has 0 spiro atoms. The Labute approximate surface area is 172 Å². The van der Waals surface area contributed by atoms with Gasteiger partial charge in [0.25, 0.3) is 0 Å². The molecule has 1 amide bonds. The van der Waals surface area contributed by atoms with E-state index in [1.165, 1.54) is 25.0 Å². The number of ether oxygens (including phenoxy) is 2. The summed E-state index contributed by atoms with van der Waals surface area (Å²) in [6.45, 7) is 6.89. The van der Waals surface area contributed by atoms with Gasteiger partial charge in [0.15, 0.2) is 0 Å². The molecule has 4 rings (SSSR count). The van der Waals surface area contributed by atoms with E-state index >= 15 is 0 Å². The number of piperazine rings is 1. The molecule has 1 aromatic carbocycles. The Morgan fingerprint density at radius 3 is 2.59 bits per heavy atom. The third kappa shape index (κ3) is 5.68. The molecule has 2 heterocycles. The summed E-state index contributed by atoms with van der Waals surface area (Å²) in [5, 5.41) is 0. The third-order valence-electron chi connectivity index (χ3n) is 6.19. The predicted octanol–water partition coefficient (Wildman–Crippen LogP) is 1.85. The molecule has 160 valence electrons. The molecule has 2 aliphatic heterocycles. The highest BCUT2D eigenvalue weighted by atomic mass is 19.1. The van der Waals surface area contributed by atoms with Crippen LogP contribution in [0, 0.1) is 11.7 Å². The van der Waals surface area contributed by atoms with Gasteiger partial charge in [-0.1, -0.05) is 0 Å². The second-order valence-corrected chi connectivity index (χ2v) is 8.81. The van der Waals surface area contributed by atoms with Crippen LogP contribution in [0.4, 0.5) is 4.39 Å². The van der Waals surface area contributed by atoms with Crippen molar-refractivity contribution in [3.63, 3.8) is 0 Å². The minimum Gasteiger partial charge on any atom is -0.491 e. The van der Waals surface area contributed by atoms with Crippen LogP contribution in [0.5, 0.6) is 5.75 Å². The zero-order chi connectivity index (χ0) is 20.3. The minimum atomic E-state index is -0.665. The number of halogens is 1. The van der Waals surface area contributed by atoms with Gasteiger partial charge in [0, 0.05) is 45.8 Å². The van der Waals surface area contributed by atoms with Gasteiger partial charge < -0.3 is 19.3 Å². The van der Waals surface area contributed by atoms with E-state index in [2.05, 4.69) is 16.8 Å². The molecule has 1 saturated carbocycles.